The first kappa shape index (κ1) is 4.36. The molecule has 0 rings (SSSR count). The second-order valence-corrected chi connectivity index (χ2v) is 1.14. The van der Waals surface area contributed by atoms with Crippen LogP contribution >= 0.6 is 0 Å². The average Bonchev–Trinajstić information content (AvgIpc) is 1.37. The van der Waals surface area contributed by atoms with Crippen LogP contribution in [0.3, 0.4) is 0 Å². The van der Waals surface area contributed by atoms with Crippen LogP contribution in [0.15, 0.2) is 12.7 Å². The van der Waals surface area contributed by atoms with E-state index in [1.54, 1.807) is 0 Å². The summed E-state index contributed by atoms with van der Waals surface area (Å²) in [5.41, 5.74) is 0. The second-order valence-electron chi connectivity index (χ2n) is 0.433. The third kappa shape index (κ3) is 2.36. The van der Waals surface area contributed by atoms with Gasteiger partial charge >= 0.3 is 36.0 Å². The summed E-state index contributed by atoms with van der Waals surface area (Å²) in [5, 5.41) is 1.01. The Hall–Kier alpha value is 0.363. The Morgan fingerprint density at radius 2 is 2.25 bits per heavy atom. The molecule has 0 aliphatic heterocycles. The Bertz CT molecular complexity index is 17.2. The van der Waals surface area contributed by atoms with Gasteiger partial charge in [0.2, 0.25) is 0 Å². The minimum atomic E-state index is 1.01. The number of allylic oxidation sites excluding steroid dienone is 1. The van der Waals surface area contributed by atoms with Crippen LogP contribution in [0.1, 0.15) is 0 Å². The quantitative estimate of drug-likeness (QED) is 0.380. The zero-order chi connectivity index (χ0) is 3.41. The van der Waals surface area contributed by atoms with Gasteiger partial charge in [0.05, 0.1) is 0 Å². The summed E-state index contributed by atoms with van der Waals surface area (Å²) in [6, 6.07) is 0. The predicted octanol–water partition coefficient (Wildman–Crippen LogP) is 1.14. The predicted molar refractivity (Wildman–Crippen MR) is 15.0 cm³/mol. The van der Waals surface area contributed by atoms with Gasteiger partial charge < -0.3 is 0 Å². The monoisotopic (exact) mass is 143 g/mol. The molecule has 0 heterocycles. The molecule has 0 fully saturated rings. The van der Waals surface area contributed by atoms with Crippen molar-refractivity contribution in [3.05, 3.63) is 12.7 Å². The van der Waals surface area contributed by atoms with E-state index in [0.717, 1.165) is 5.02 Å². The van der Waals surface area contributed by atoms with Crippen LogP contribution < -0.4 is 0 Å². The van der Waals surface area contributed by atoms with E-state index in [1.165, 1.54) is 0 Å². The standard InChI is InChI=1S/C3H5.Ru/c1-3-2;/h3H,1-2H2;. The molecule has 0 amide bonds. The van der Waals surface area contributed by atoms with Crippen LogP contribution in [0, 0.1) is 0 Å². The maximum absolute atomic E-state index is 3.46. The molecule has 0 aromatic rings. The fraction of sp³-hybridized carbons (Fsp3) is 0.333. The molecule has 0 aliphatic carbocycles. The molecule has 4 heavy (non-hydrogen) atoms. The number of rotatable bonds is 1. The molecule has 25 valence electrons. The van der Waals surface area contributed by atoms with Gasteiger partial charge in [-0.05, 0) is 0 Å². The van der Waals surface area contributed by atoms with Crippen LogP contribution in [0.5, 0.6) is 0 Å². The van der Waals surface area contributed by atoms with E-state index in [4.69, 9.17) is 0 Å². The Kier molecular flexibility index (Phi) is 3.67. The van der Waals surface area contributed by atoms with Crippen molar-refractivity contribution in [3.63, 3.8) is 0 Å². The third-order valence-electron chi connectivity index (χ3n) is 0.102. The summed E-state index contributed by atoms with van der Waals surface area (Å²) < 4.78 is 0. The van der Waals surface area contributed by atoms with Gasteiger partial charge in [-0.3, -0.25) is 0 Å². The molecule has 0 bridgehead atoms. The van der Waals surface area contributed by atoms with Gasteiger partial charge in [-0.2, -0.15) is 0 Å². The maximum atomic E-state index is 3.46. The van der Waals surface area contributed by atoms with Crippen molar-refractivity contribution in [2.75, 3.05) is 0 Å². The van der Waals surface area contributed by atoms with Crippen LogP contribution in [0.25, 0.3) is 0 Å². The molecule has 0 N–H and O–H groups in total. The van der Waals surface area contributed by atoms with E-state index >= 15 is 0 Å². The first-order valence-electron chi connectivity index (χ1n) is 1.07. The summed E-state index contributed by atoms with van der Waals surface area (Å²) in [5.74, 6) is 0. The van der Waals surface area contributed by atoms with Crippen LogP contribution in [-0.2, 0) is 18.3 Å². The fourth-order valence-electron chi connectivity index (χ4n) is 0. The molecule has 0 saturated heterocycles. The van der Waals surface area contributed by atoms with Crippen LogP contribution in [0.4, 0.5) is 0 Å². The molecular formula is C3H5Ru. The SMILES string of the molecule is C=C[CH2][Ru]. The van der Waals surface area contributed by atoms with E-state index < -0.39 is 0 Å². The Morgan fingerprint density at radius 3 is 2.25 bits per heavy atom. The Morgan fingerprint density at radius 1 is 2.00 bits per heavy atom. The zero-order valence-electron chi connectivity index (χ0n) is 2.35. The van der Waals surface area contributed by atoms with E-state index in [9.17, 15) is 0 Å². The molecule has 0 aromatic heterocycles. The van der Waals surface area contributed by atoms with E-state index in [0.29, 0.717) is 0 Å². The van der Waals surface area contributed by atoms with Crippen LogP contribution in [0.2, 0.25) is 5.02 Å². The molecule has 1 heteroatoms. The van der Waals surface area contributed by atoms with Gasteiger partial charge in [0, 0.05) is 0 Å². The molecule has 0 aromatic carbocycles. The first-order chi connectivity index (χ1) is 1.91. The molecule has 0 atom stereocenters. The van der Waals surface area contributed by atoms with E-state index in [2.05, 4.69) is 24.9 Å². The fourth-order valence-corrected chi connectivity index (χ4v) is 0. The Labute approximate surface area is 36.6 Å². The van der Waals surface area contributed by atoms with Crippen molar-refractivity contribution in [2.45, 2.75) is 5.02 Å². The summed E-state index contributed by atoms with van der Waals surface area (Å²) in [4.78, 5) is 0. The van der Waals surface area contributed by atoms with Crippen molar-refractivity contribution < 1.29 is 18.3 Å². The molecule has 0 unspecified atom stereocenters. The number of hydrogen-bond donors (Lipinski definition) is 0. The minimum absolute atomic E-state index is 1.01. The average molecular weight is 142 g/mol. The van der Waals surface area contributed by atoms with Gasteiger partial charge in [0.15, 0.2) is 0 Å². The van der Waals surface area contributed by atoms with E-state index in [-0.39, 0.29) is 0 Å². The van der Waals surface area contributed by atoms with Crippen molar-refractivity contribution in [2.24, 2.45) is 0 Å². The van der Waals surface area contributed by atoms with Crippen molar-refractivity contribution in [1.82, 2.24) is 0 Å². The summed E-state index contributed by atoms with van der Waals surface area (Å²) in [6.07, 6.45) is 1.84. The van der Waals surface area contributed by atoms with Gasteiger partial charge in [-0.25, -0.2) is 0 Å². The molecule has 0 radical (unpaired) electrons. The molecule has 0 aliphatic rings. The van der Waals surface area contributed by atoms with Gasteiger partial charge in [0.1, 0.15) is 0 Å². The number of hydrogen-bond acceptors (Lipinski definition) is 0. The molecule has 0 saturated carbocycles. The van der Waals surface area contributed by atoms with E-state index in [1.807, 2.05) is 6.08 Å². The normalized spacial score (nSPS) is 6.25. The summed E-state index contributed by atoms with van der Waals surface area (Å²) in [7, 11) is 0. The topological polar surface area (TPSA) is 0 Å². The third-order valence-corrected chi connectivity index (χ3v) is 0.604. The molecule has 0 nitrogen and oxygen atoms in total. The molecule has 0 spiro atoms. The summed E-state index contributed by atoms with van der Waals surface area (Å²) in [6.45, 7) is 3.46. The van der Waals surface area contributed by atoms with Gasteiger partial charge in [-0.15, -0.1) is 0 Å². The van der Waals surface area contributed by atoms with Gasteiger partial charge in [0.25, 0.3) is 0 Å². The van der Waals surface area contributed by atoms with Gasteiger partial charge in [-0.1, -0.05) is 0 Å². The molecular weight excluding hydrogens is 137 g/mol. The zero-order valence-corrected chi connectivity index (χ0v) is 4.08. The van der Waals surface area contributed by atoms with Crippen molar-refractivity contribution in [1.29, 1.82) is 0 Å². The Balaban J connectivity index is 2.30. The van der Waals surface area contributed by atoms with Crippen LogP contribution in [-0.4, -0.2) is 0 Å². The van der Waals surface area contributed by atoms with Crippen molar-refractivity contribution >= 4 is 0 Å². The second kappa shape index (κ2) is 3.36. The summed E-state index contributed by atoms with van der Waals surface area (Å²) >= 11 is 2.46. The first-order valence-corrected chi connectivity index (χ1v) is 2.30. The van der Waals surface area contributed by atoms with Crippen molar-refractivity contribution in [3.8, 4) is 0 Å².